The molecule has 0 aliphatic heterocycles. The van der Waals surface area contributed by atoms with E-state index in [0.717, 1.165) is 31.6 Å². The second kappa shape index (κ2) is 5.75. The first-order valence-electron chi connectivity index (χ1n) is 5.31. The normalized spacial score (nSPS) is 13.1. The first-order chi connectivity index (χ1) is 6.77. The summed E-state index contributed by atoms with van der Waals surface area (Å²) >= 11 is 0. The molecule has 1 rings (SSSR count). The van der Waals surface area contributed by atoms with Crippen LogP contribution in [-0.2, 0) is 13.0 Å². The fraction of sp³-hybridized carbons (Fsp3) is 0.800. The van der Waals surface area contributed by atoms with E-state index in [4.69, 9.17) is 0 Å². The molecule has 0 radical (unpaired) electrons. The minimum Gasteiger partial charge on any atom is -0.317 e. The van der Waals surface area contributed by atoms with Gasteiger partial charge in [0.25, 0.3) is 0 Å². The van der Waals surface area contributed by atoms with Gasteiger partial charge >= 0.3 is 0 Å². The van der Waals surface area contributed by atoms with Crippen LogP contribution in [0.5, 0.6) is 0 Å². The summed E-state index contributed by atoms with van der Waals surface area (Å²) in [5.41, 5.74) is 0. The molecular formula is C10H20N4. The average Bonchev–Trinajstić information content (AvgIpc) is 2.62. The topological polar surface area (TPSA) is 42.7 Å². The highest BCUT2D eigenvalue weighted by Crippen LogP contribution is 2.02. The largest absolute Gasteiger partial charge is 0.317 e. The summed E-state index contributed by atoms with van der Waals surface area (Å²) in [6.45, 7) is 5.31. The number of hydrogen-bond donors (Lipinski definition) is 1. The summed E-state index contributed by atoms with van der Waals surface area (Å²) in [6, 6.07) is 0.543. The van der Waals surface area contributed by atoms with Crippen molar-refractivity contribution < 1.29 is 0 Å². The van der Waals surface area contributed by atoms with Gasteiger partial charge < -0.3 is 5.32 Å². The van der Waals surface area contributed by atoms with Crippen molar-refractivity contribution in [2.24, 2.45) is 0 Å². The third-order valence-electron chi connectivity index (χ3n) is 2.42. The van der Waals surface area contributed by atoms with Crippen LogP contribution >= 0.6 is 0 Å². The van der Waals surface area contributed by atoms with Gasteiger partial charge in [-0.1, -0.05) is 6.92 Å². The number of aromatic nitrogens is 3. The third-order valence-corrected chi connectivity index (χ3v) is 2.42. The maximum Gasteiger partial charge on any atom is 0.138 e. The van der Waals surface area contributed by atoms with E-state index in [1.807, 2.05) is 11.7 Å². The highest BCUT2D eigenvalue weighted by Gasteiger charge is 2.05. The van der Waals surface area contributed by atoms with Gasteiger partial charge in [0.2, 0.25) is 0 Å². The zero-order valence-corrected chi connectivity index (χ0v) is 9.32. The fourth-order valence-electron chi connectivity index (χ4n) is 1.37. The summed E-state index contributed by atoms with van der Waals surface area (Å²) in [5, 5.41) is 7.42. The fourth-order valence-corrected chi connectivity index (χ4v) is 1.37. The molecule has 0 bridgehead atoms. The van der Waals surface area contributed by atoms with E-state index in [1.54, 1.807) is 6.33 Å². The molecule has 1 N–H and O–H groups in total. The second-order valence-electron chi connectivity index (χ2n) is 3.63. The van der Waals surface area contributed by atoms with Crippen molar-refractivity contribution in [2.75, 3.05) is 7.05 Å². The maximum atomic E-state index is 4.27. The van der Waals surface area contributed by atoms with Gasteiger partial charge in [0.05, 0.1) is 0 Å². The van der Waals surface area contributed by atoms with Crippen LogP contribution in [0.4, 0.5) is 0 Å². The Labute approximate surface area is 85.7 Å². The van der Waals surface area contributed by atoms with Crippen molar-refractivity contribution in [1.82, 2.24) is 20.1 Å². The molecular weight excluding hydrogens is 176 g/mol. The van der Waals surface area contributed by atoms with Crippen LogP contribution in [0.1, 0.15) is 32.5 Å². The van der Waals surface area contributed by atoms with Gasteiger partial charge in [0, 0.05) is 19.0 Å². The van der Waals surface area contributed by atoms with E-state index in [0.29, 0.717) is 6.04 Å². The Kier molecular flexibility index (Phi) is 4.59. The highest BCUT2D eigenvalue weighted by molar-refractivity contribution is 4.85. The van der Waals surface area contributed by atoms with E-state index in [1.165, 1.54) is 0 Å². The van der Waals surface area contributed by atoms with Crippen LogP contribution in [0.25, 0.3) is 0 Å². The number of aryl methyl sites for hydroxylation is 2. The Morgan fingerprint density at radius 2 is 2.36 bits per heavy atom. The summed E-state index contributed by atoms with van der Waals surface area (Å²) in [7, 11) is 1.99. The van der Waals surface area contributed by atoms with Crippen molar-refractivity contribution in [1.29, 1.82) is 0 Å². The molecule has 1 aromatic heterocycles. The molecule has 1 aromatic rings. The lowest BCUT2D eigenvalue weighted by molar-refractivity contribution is 0.520. The van der Waals surface area contributed by atoms with Crippen molar-refractivity contribution in [3.63, 3.8) is 0 Å². The van der Waals surface area contributed by atoms with Gasteiger partial charge in [0.15, 0.2) is 0 Å². The Hall–Kier alpha value is -0.900. The molecule has 0 fully saturated rings. The smallest absolute Gasteiger partial charge is 0.138 e. The van der Waals surface area contributed by atoms with Crippen LogP contribution in [0.3, 0.4) is 0 Å². The number of rotatable bonds is 6. The third kappa shape index (κ3) is 3.10. The Balaban J connectivity index is 2.45. The first-order valence-corrected chi connectivity index (χ1v) is 5.31. The molecule has 80 valence electrons. The van der Waals surface area contributed by atoms with Crippen LogP contribution in [-0.4, -0.2) is 27.9 Å². The Morgan fingerprint density at radius 1 is 1.57 bits per heavy atom. The Morgan fingerprint density at radius 3 is 3.00 bits per heavy atom. The van der Waals surface area contributed by atoms with Crippen LogP contribution < -0.4 is 5.32 Å². The predicted octanol–water partition coefficient (Wildman–Crippen LogP) is 1.23. The zero-order chi connectivity index (χ0) is 10.4. The molecule has 1 unspecified atom stereocenters. The average molecular weight is 196 g/mol. The maximum absolute atomic E-state index is 4.27. The van der Waals surface area contributed by atoms with Crippen molar-refractivity contribution >= 4 is 0 Å². The molecule has 0 saturated heterocycles. The highest BCUT2D eigenvalue weighted by atomic mass is 15.3. The number of nitrogens with one attached hydrogen (secondary N) is 1. The lowest BCUT2D eigenvalue weighted by atomic mass is 10.2. The summed E-state index contributed by atoms with van der Waals surface area (Å²) in [4.78, 5) is 4.27. The summed E-state index contributed by atoms with van der Waals surface area (Å²) < 4.78 is 2.00. The molecule has 1 atom stereocenters. The molecule has 1 heterocycles. The quantitative estimate of drug-likeness (QED) is 0.744. The predicted molar refractivity (Wildman–Crippen MR) is 57.2 cm³/mol. The number of hydrogen-bond acceptors (Lipinski definition) is 3. The molecule has 4 heteroatoms. The Bertz CT molecular complexity index is 256. The van der Waals surface area contributed by atoms with E-state index >= 15 is 0 Å². The van der Waals surface area contributed by atoms with E-state index in [-0.39, 0.29) is 0 Å². The van der Waals surface area contributed by atoms with E-state index < -0.39 is 0 Å². The van der Waals surface area contributed by atoms with Crippen LogP contribution in [0, 0.1) is 0 Å². The van der Waals surface area contributed by atoms with Crippen LogP contribution in [0.15, 0.2) is 6.33 Å². The molecule has 0 aliphatic rings. The van der Waals surface area contributed by atoms with Crippen molar-refractivity contribution in [3.05, 3.63) is 12.2 Å². The van der Waals surface area contributed by atoms with Crippen LogP contribution in [0.2, 0.25) is 0 Å². The minimum absolute atomic E-state index is 0.543. The van der Waals surface area contributed by atoms with Gasteiger partial charge in [-0.25, -0.2) is 4.98 Å². The van der Waals surface area contributed by atoms with Gasteiger partial charge in [-0.3, -0.25) is 4.68 Å². The molecule has 0 aliphatic carbocycles. The molecule has 0 saturated carbocycles. The second-order valence-corrected chi connectivity index (χ2v) is 3.63. The van der Waals surface area contributed by atoms with E-state index in [9.17, 15) is 0 Å². The summed E-state index contributed by atoms with van der Waals surface area (Å²) in [5.74, 6) is 1.11. The molecule has 0 aromatic carbocycles. The first kappa shape index (κ1) is 11.2. The lowest BCUT2D eigenvalue weighted by Gasteiger charge is -2.09. The SMILES string of the molecule is CCCn1ncnc1CCC(C)NC. The van der Waals surface area contributed by atoms with Gasteiger partial charge in [-0.05, 0) is 26.8 Å². The standard InChI is InChI=1S/C10H20N4/c1-4-7-14-10(12-8-13-14)6-5-9(2)11-3/h8-9,11H,4-7H2,1-3H3. The van der Waals surface area contributed by atoms with Gasteiger partial charge in [-0.2, -0.15) is 5.10 Å². The van der Waals surface area contributed by atoms with Gasteiger partial charge in [0.1, 0.15) is 12.2 Å². The summed E-state index contributed by atoms with van der Waals surface area (Å²) in [6.07, 6.45) is 4.87. The monoisotopic (exact) mass is 196 g/mol. The number of nitrogens with zero attached hydrogens (tertiary/aromatic N) is 3. The minimum atomic E-state index is 0.543. The molecule has 4 nitrogen and oxygen atoms in total. The lowest BCUT2D eigenvalue weighted by Crippen LogP contribution is -2.22. The zero-order valence-electron chi connectivity index (χ0n) is 9.32. The molecule has 0 spiro atoms. The molecule has 14 heavy (non-hydrogen) atoms. The molecule has 0 amide bonds. The van der Waals surface area contributed by atoms with E-state index in [2.05, 4.69) is 29.2 Å². The van der Waals surface area contributed by atoms with Crippen molar-refractivity contribution in [2.45, 2.75) is 45.7 Å². The van der Waals surface area contributed by atoms with Gasteiger partial charge in [-0.15, -0.1) is 0 Å². The van der Waals surface area contributed by atoms with Crippen molar-refractivity contribution in [3.8, 4) is 0 Å².